The van der Waals surface area contributed by atoms with Gasteiger partial charge in [-0.2, -0.15) is 0 Å². The van der Waals surface area contributed by atoms with Crippen LogP contribution in [0.25, 0.3) is 0 Å². The van der Waals surface area contributed by atoms with Crippen molar-refractivity contribution in [3.8, 4) is 5.75 Å². The summed E-state index contributed by atoms with van der Waals surface area (Å²) in [5, 5.41) is 0. The van der Waals surface area contributed by atoms with E-state index in [0.29, 0.717) is 13.2 Å². The summed E-state index contributed by atoms with van der Waals surface area (Å²) in [7, 11) is 1.70. The molecule has 0 unspecified atom stereocenters. The minimum absolute atomic E-state index is 0.595. The van der Waals surface area contributed by atoms with Gasteiger partial charge in [0.2, 0.25) is 0 Å². The molecule has 1 aromatic heterocycles. The molecule has 1 aliphatic heterocycles. The summed E-state index contributed by atoms with van der Waals surface area (Å²) < 4.78 is 11.0. The number of imidazole rings is 1. The van der Waals surface area contributed by atoms with Crippen molar-refractivity contribution in [2.45, 2.75) is 33.0 Å². The molecule has 0 bridgehead atoms. The van der Waals surface area contributed by atoms with E-state index in [0.717, 1.165) is 37.4 Å². The number of aromatic amines is 1. The fourth-order valence-electron chi connectivity index (χ4n) is 2.92. The first kappa shape index (κ1) is 15.1. The molecule has 5 nitrogen and oxygen atoms in total. The maximum Gasteiger partial charge on any atom is 0.124 e. The second-order valence-electron chi connectivity index (χ2n) is 5.57. The van der Waals surface area contributed by atoms with Crippen molar-refractivity contribution >= 4 is 0 Å². The molecular formula is C17H23N3O2. The Bertz CT molecular complexity index is 624. The highest BCUT2D eigenvalue weighted by molar-refractivity contribution is 5.37. The number of nitrogens with zero attached hydrogens (tertiary/aromatic N) is 2. The van der Waals surface area contributed by atoms with E-state index in [1.807, 2.05) is 13.0 Å². The fraction of sp³-hybridized carbons (Fsp3) is 0.471. The molecule has 22 heavy (non-hydrogen) atoms. The van der Waals surface area contributed by atoms with Gasteiger partial charge in [0, 0.05) is 38.2 Å². The van der Waals surface area contributed by atoms with E-state index in [4.69, 9.17) is 9.47 Å². The van der Waals surface area contributed by atoms with Gasteiger partial charge in [-0.1, -0.05) is 6.07 Å². The minimum atomic E-state index is 0.595. The van der Waals surface area contributed by atoms with Crippen molar-refractivity contribution in [1.29, 1.82) is 0 Å². The number of fused-ring (bicyclic) bond motifs is 1. The van der Waals surface area contributed by atoms with Crippen LogP contribution >= 0.6 is 0 Å². The Labute approximate surface area is 131 Å². The molecule has 0 spiro atoms. The Hall–Kier alpha value is -1.85. The number of aromatic nitrogens is 2. The van der Waals surface area contributed by atoms with E-state index in [9.17, 15) is 0 Å². The van der Waals surface area contributed by atoms with E-state index >= 15 is 0 Å². The van der Waals surface area contributed by atoms with Gasteiger partial charge in [0.25, 0.3) is 0 Å². The van der Waals surface area contributed by atoms with E-state index in [2.05, 4.69) is 27.0 Å². The lowest BCUT2D eigenvalue weighted by Crippen LogP contribution is -2.30. The predicted octanol–water partition coefficient (Wildman–Crippen LogP) is 2.51. The zero-order valence-corrected chi connectivity index (χ0v) is 13.3. The Kier molecular flexibility index (Phi) is 4.75. The van der Waals surface area contributed by atoms with E-state index < -0.39 is 0 Å². The minimum Gasteiger partial charge on any atom is -0.496 e. The van der Waals surface area contributed by atoms with Gasteiger partial charge in [-0.25, -0.2) is 4.98 Å². The molecule has 0 saturated carbocycles. The molecule has 1 aromatic carbocycles. The number of nitrogens with one attached hydrogen (secondary N) is 1. The molecule has 0 atom stereocenters. The van der Waals surface area contributed by atoms with Crippen molar-refractivity contribution in [3.63, 3.8) is 0 Å². The summed E-state index contributed by atoms with van der Waals surface area (Å²) in [6.45, 7) is 6.22. The Morgan fingerprint density at radius 2 is 2.27 bits per heavy atom. The number of hydrogen-bond acceptors (Lipinski definition) is 4. The average Bonchev–Trinajstić information content (AvgIpc) is 3.00. The van der Waals surface area contributed by atoms with Crippen LogP contribution in [0.2, 0.25) is 0 Å². The standard InChI is InChI=1S/C17H23N3O2/c1-3-22-11-14-8-13(4-5-17(14)21-2)9-20-7-6-15-16(10-20)19-12-18-15/h4-5,8,12H,3,6-7,9-11H2,1-2H3,(H,18,19). The average molecular weight is 301 g/mol. The van der Waals surface area contributed by atoms with E-state index in [1.54, 1.807) is 13.4 Å². The highest BCUT2D eigenvalue weighted by Gasteiger charge is 2.18. The Morgan fingerprint density at radius 3 is 3.09 bits per heavy atom. The summed E-state index contributed by atoms with van der Waals surface area (Å²) in [5.41, 5.74) is 4.86. The highest BCUT2D eigenvalue weighted by atomic mass is 16.5. The molecule has 3 rings (SSSR count). The van der Waals surface area contributed by atoms with Crippen LogP contribution in [0.5, 0.6) is 5.75 Å². The van der Waals surface area contributed by atoms with Gasteiger partial charge in [0.1, 0.15) is 5.75 Å². The Balaban J connectivity index is 1.70. The molecule has 0 amide bonds. The molecule has 5 heteroatoms. The summed E-state index contributed by atoms with van der Waals surface area (Å²) >= 11 is 0. The largest absolute Gasteiger partial charge is 0.496 e. The smallest absolute Gasteiger partial charge is 0.124 e. The first-order valence-electron chi connectivity index (χ1n) is 7.77. The SMILES string of the molecule is CCOCc1cc(CN2CCc3nc[nH]c3C2)ccc1OC. The summed E-state index contributed by atoms with van der Waals surface area (Å²) in [6.07, 6.45) is 2.81. The summed E-state index contributed by atoms with van der Waals surface area (Å²) in [5.74, 6) is 0.895. The second kappa shape index (κ2) is 6.94. The molecule has 2 aromatic rings. The number of H-pyrrole nitrogens is 1. The fourth-order valence-corrected chi connectivity index (χ4v) is 2.92. The normalized spacial score (nSPS) is 14.8. The Morgan fingerprint density at radius 1 is 1.36 bits per heavy atom. The van der Waals surface area contributed by atoms with Crippen molar-refractivity contribution in [2.75, 3.05) is 20.3 Å². The molecule has 1 N–H and O–H groups in total. The van der Waals surface area contributed by atoms with Gasteiger partial charge in [0.15, 0.2) is 0 Å². The van der Waals surface area contributed by atoms with Gasteiger partial charge in [-0.15, -0.1) is 0 Å². The molecule has 0 radical (unpaired) electrons. The van der Waals surface area contributed by atoms with Gasteiger partial charge in [0.05, 0.1) is 31.4 Å². The monoisotopic (exact) mass is 301 g/mol. The predicted molar refractivity (Wildman–Crippen MR) is 84.7 cm³/mol. The van der Waals surface area contributed by atoms with Crippen LogP contribution in [0, 0.1) is 0 Å². The first-order chi connectivity index (χ1) is 10.8. The first-order valence-corrected chi connectivity index (χ1v) is 7.77. The van der Waals surface area contributed by atoms with Crippen LogP contribution in [0.15, 0.2) is 24.5 Å². The van der Waals surface area contributed by atoms with Crippen molar-refractivity contribution in [1.82, 2.24) is 14.9 Å². The van der Waals surface area contributed by atoms with Crippen LogP contribution in [0.1, 0.15) is 29.4 Å². The van der Waals surface area contributed by atoms with Crippen LogP contribution in [0.3, 0.4) is 0 Å². The number of hydrogen-bond donors (Lipinski definition) is 1. The van der Waals surface area contributed by atoms with Crippen LogP contribution in [0.4, 0.5) is 0 Å². The van der Waals surface area contributed by atoms with Crippen LogP contribution in [-0.2, 0) is 30.9 Å². The van der Waals surface area contributed by atoms with Gasteiger partial charge >= 0.3 is 0 Å². The molecule has 118 valence electrons. The van der Waals surface area contributed by atoms with Gasteiger partial charge in [-0.3, -0.25) is 4.90 Å². The molecular weight excluding hydrogens is 278 g/mol. The molecule has 1 aliphatic rings. The van der Waals surface area contributed by atoms with Crippen molar-refractivity contribution in [2.24, 2.45) is 0 Å². The number of ether oxygens (including phenoxy) is 2. The number of benzene rings is 1. The molecule has 0 aliphatic carbocycles. The maximum absolute atomic E-state index is 5.54. The molecule has 2 heterocycles. The van der Waals surface area contributed by atoms with E-state index in [1.165, 1.54) is 17.0 Å². The third-order valence-electron chi connectivity index (χ3n) is 4.07. The van der Waals surface area contributed by atoms with Gasteiger partial charge in [-0.05, 0) is 24.6 Å². The zero-order valence-electron chi connectivity index (χ0n) is 13.3. The third-order valence-corrected chi connectivity index (χ3v) is 4.07. The maximum atomic E-state index is 5.54. The lowest BCUT2D eigenvalue weighted by atomic mass is 10.1. The topological polar surface area (TPSA) is 50.4 Å². The zero-order chi connectivity index (χ0) is 15.4. The van der Waals surface area contributed by atoms with Crippen LogP contribution in [-0.4, -0.2) is 35.1 Å². The quantitative estimate of drug-likeness (QED) is 0.890. The summed E-state index contributed by atoms with van der Waals surface area (Å²) in [4.78, 5) is 10.0. The number of methoxy groups -OCH3 is 1. The van der Waals surface area contributed by atoms with Gasteiger partial charge < -0.3 is 14.5 Å². The lowest BCUT2D eigenvalue weighted by molar-refractivity contribution is 0.132. The summed E-state index contributed by atoms with van der Waals surface area (Å²) in [6, 6.07) is 6.36. The second-order valence-corrected chi connectivity index (χ2v) is 5.57. The molecule has 0 saturated heterocycles. The van der Waals surface area contributed by atoms with Crippen molar-refractivity contribution < 1.29 is 9.47 Å². The molecule has 0 fully saturated rings. The van der Waals surface area contributed by atoms with Crippen LogP contribution < -0.4 is 4.74 Å². The highest BCUT2D eigenvalue weighted by Crippen LogP contribution is 2.23. The third kappa shape index (κ3) is 3.31. The number of rotatable bonds is 6. The lowest BCUT2D eigenvalue weighted by Gasteiger charge is -2.26. The van der Waals surface area contributed by atoms with Crippen molar-refractivity contribution in [3.05, 3.63) is 47.0 Å². The van der Waals surface area contributed by atoms with E-state index in [-0.39, 0.29) is 0 Å².